The molecule has 0 heterocycles. The summed E-state index contributed by atoms with van der Waals surface area (Å²) in [5, 5.41) is 10.5. The number of nitrogens with one attached hydrogen (secondary N) is 2. The number of nitro benzene ring substituents is 1. The van der Waals surface area contributed by atoms with Gasteiger partial charge in [0.25, 0.3) is 17.5 Å². The average molecular weight is 382 g/mol. The van der Waals surface area contributed by atoms with Crippen molar-refractivity contribution in [3.8, 4) is 0 Å². The van der Waals surface area contributed by atoms with Gasteiger partial charge in [0.05, 0.1) is 10.5 Å². The summed E-state index contributed by atoms with van der Waals surface area (Å²) in [6.07, 6.45) is 0. The van der Waals surface area contributed by atoms with Crippen molar-refractivity contribution in [2.75, 3.05) is 0 Å². The maximum Gasteiger partial charge on any atom is 0.270 e. The number of hydrogen-bond donors (Lipinski definition) is 2. The second-order valence-corrected chi connectivity index (χ2v) is 5.19. The van der Waals surface area contributed by atoms with E-state index in [1.165, 1.54) is 30.3 Å². The van der Waals surface area contributed by atoms with Crippen LogP contribution in [0.2, 0.25) is 0 Å². The summed E-state index contributed by atoms with van der Waals surface area (Å²) < 4.78 is 13.2. The number of non-ortho nitro benzene ring substituents is 1. The smallest absolute Gasteiger partial charge is 0.267 e. The van der Waals surface area contributed by atoms with Crippen molar-refractivity contribution in [2.45, 2.75) is 0 Å². The largest absolute Gasteiger partial charge is 0.270 e. The molecule has 0 bridgehead atoms. The van der Waals surface area contributed by atoms with Gasteiger partial charge in [-0.15, -0.1) is 0 Å². The van der Waals surface area contributed by atoms with Crippen molar-refractivity contribution in [2.24, 2.45) is 0 Å². The second kappa shape index (κ2) is 6.97. The van der Waals surface area contributed by atoms with Crippen LogP contribution in [0.4, 0.5) is 10.1 Å². The molecule has 0 atom stereocenters. The van der Waals surface area contributed by atoms with Crippen LogP contribution in [-0.2, 0) is 0 Å². The fraction of sp³-hybridized carbons (Fsp3) is 0. The number of carbonyl (C=O) groups is 2. The lowest BCUT2D eigenvalue weighted by Gasteiger charge is -2.08. The van der Waals surface area contributed by atoms with E-state index in [1.54, 1.807) is 0 Å². The van der Waals surface area contributed by atoms with Crippen LogP contribution in [0.1, 0.15) is 20.7 Å². The number of carbonyl (C=O) groups excluding carboxylic acids is 2. The zero-order valence-electron chi connectivity index (χ0n) is 11.4. The van der Waals surface area contributed by atoms with E-state index in [0.717, 1.165) is 12.1 Å². The number of rotatable bonds is 3. The van der Waals surface area contributed by atoms with Crippen molar-refractivity contribution in [1.29, 1.82) is 0 Å². The molecule has 0 unspecified atom stereocenters. The molecule has 2 N–H and O–H groups in total. The van der Waals surface area contributed by atoms with E-state index < -0.39 is 22.6 Å². The molecule has 9 heteroatoms. The topological polar surface area (TPSA) is 101 Å². The molecule has 23 heavy (non-hydrogen) atoms. The Hall–Kier alpha value is -2.81. The summed E-state index contributed by atoms with van der Waals surface area (Å²) in [7, 11) is 0. The first-order valence-electron chi connectivity index (χ1n) is 6.18. The van der Waals surface area contributed by atoms with Crippen LogP contribution in [0.3, 0.4) is 0 Å². The first kappa shape index (κ1) is 16.6. The second-order valence-electron chi connectivity index (χ2n) is 4.34. The molecule has 0 saturated heterocycles. The predicted octanol–water partition coefficient (Wildman–Crippen LogP) is 2.57. The number of benzene rings is 2. The molecule has 0 fully saturated rings. The average Bonchev–Trinajstić information content (AvgIpc) is 2.52. The molecule has 0 spiro atoms. The summed E-state index contributed by atoms with van der Waals surface area (Å²) in [5.41, 5.74) is 4.45. The third-order valence-electron chi connectivity index (χ3n) is 2.81. The third-order valence-corrected chi connectivity index (χ3v) is 3.46. The van der Waals surface area contributed by atoms with E-state index >= 15 is 0 Å². The van der Waals surface area contributed by atoms with Crippen LogP contribution in [0.25, 0.3) is 0 Å². The summed E-state index contributed by atoms with van der Waals surface area (Å²) in [6, 6.07) is 8.35. The zero-order chi connectivity index (χ0) is 17.0. The first-order valence-corrected chi connectivity index (χ1v) is 6.98. The van der Waals surface area contributed by atoms with Crippen molar-refractivity contribution in [3.05, 3.63) is 74.0 Å². The first-order chi connectivity index (χ1) is 10.9. The highest BCUT2D eigenvalue weighted by Gasteiger charge is 2.13. The van der Waals surface area contributed by atoms with Crippen molar-refractivity contribution < 1.29 is 18.9 Å². The maximum atomic E-state index is 13.0. The predicted molar refractivity (Wildman–Crippen MR) is 82.1 cm³/mol. The van der Waals surface area contributed by atoms with Crippen LogP contribution < -0.4 is 10.9 Å². The summed E-state index contributed by atoms with van der Waals surface area (Å²) >= 11 is 3.04. The highest BCUT2D eigenvalue weighted by Crippen LogP contribution is 2.17. The standard InChI is InChI=1S/C14H9BrFN3O4/c15-12-7-9(16)3-6-11(12)14(21)18-17-13(20)8-1-4-10(5-2-8)19(22)23/h1-7H,(H,17,20)(H,18,21). The highest BCUT2D eigenvalue weighted by atomic mass is 79.9. The minimum atomic E-state index is -0.647. The molecular weight excluding hydrogens is 373 g/mol. The zero-order valence-corrected chi connectivity index (χ0v) is 13.0. The molecule has 0 aromatic heterocycles. The van der Waals surface area contributed by atoms with Crippen LogP contribution in [0.5, 0.6) is 0 Å². The lowest BCUT2D eigenvalue weighted by Crippen LogP contribution is -2.41. The molecule has 0 radical (unpaired) electrons. The molecule has 0 aliphatic heterocycles. The van der Waals surface area contributed by atoms with Crippen LogP contribution in [-0.4, -0.2) is 16.7 Å². The van der Waals surface area contributed by atoms with E-state index in [1.807, 2.05) is 0 Å². The van der Waals surface area contributed by atoms with Gasteiger partial charge in [0, 0.05) is 22.2 Å². The Morgan fingerprint density at radius 2 is 1.65 bits per heavy atom. The fourth-order valence-corrected chi connectivity index (χ4v) is 2.19. The van der Waals surface area contributed by atoms with E-state index in [0.29, 0.717) is 0 Å². The molecule has 0 saturated carbocycles. The molecule has 2 amide bonds. The van der Waals surface area contributed by atoms with Gasteiger partial charge in [0.2, 0.25) is 0 Å². The minimum Gasteiger partial charge on any atom is -0.267 e. The van der Waals surface area contributed by atoms with E-state index in [4.69, 9.17) is 0 Å². The van der Waals surface area contributed by atoms with E-state index in [2.05, 4.69) is 26.8 Å². The molecule has 2 aromatic rings. The number of hydrazine groups is 1. The Bertz CT molecular complexity index is 780. The molecule has 2 aromatic carbocycles. The summed E-state index contributed by atoms with van der Waals surface area (Å²) in [4.78, 5) is 33.7. The van der Waals surface area contributed by atoms with Crippen molar-refractivity contribution in [1.82, 2.24) is 10.9 Å². The highest BCUT2D eigenvalue weighted by molar-refractivity contribution is 9.10. The molecule has 2 rings (SSSR count). The molecule has 118 valence electrons. The van der Waals surface area contributed by atoms with Gasteiger partial charge in [-0.2, -0.15) is 0 Å². The van der Waals surface area contributed by atoms with Crippen LogP contribution in [0.15, 0.2) is 46.9 Å². The van der Waals surface area contributed by atoms with Gasteiger partial charge in [-0.1, -0.05) is 0 Å². The van der Waals surface area contributed by atoms with Crippen molar-refractivity contribution in [3.63, 3.8) is 0 Å². The number of nitrogens with zero attached hydrogens (tertiary/aromatic N) is 1. The van der Waals surface area contributed by atoms with E-state index in [9.17, 15) is 24.1 Å². The monoisotopic (exact) mass is 381 g/mol. The van der Waals surface area contributed by atoms with Crippen LogP contribution >= 0.6 is 15.9 Å². The van der Waals surface area contributed by atoms with Crippen molar-refractivity contribution >= 4 is 33.4 Å². The normalized spacial score (nSPS) is 10.0. The van der Waals surface area contributed by atoms with Crippen LogP contribution in [0, 0.1) is 15.9 Å². The maximum absolute atomic E-state index is 13.0. The lowest BCUT2D eigenvalue weighted by molar-refractivity contribution is -0.384. The number of hydrogen-bond acceptors (Lipinski definition) is 4. The number of nitro groups is 1. The van der Waals surface area contributed by atoms with Gasteiger partial charge in [0.1, 0.15) is 5.82 Å². The Balaban J connectivity index is 2.00. The number of amides is 2. The summed E-state index contributed by atoms with van der Waals surface area (Å²) in [5.74, 6) is -1.80. The Morgan fingerprint density at radius 1 is 1.04 bits per heavy atom. The SMILES string of the molecule is O=C(NNC(=O)c1ccc(F)cc1Br)c1ccc([N+](=O)[O-])cc1. The van der Waals surface area contributed by atoms with Gasteiger partial charge in [-0.25, -0.2) is 4.39 Å². The fourth-order valence-electron chi connectivity index (χ4n) is 1.66. The van der Waals surface area contributed by atoms with Gasteiger partial charge in [-0.3, -0.25) is 30.6 Å². The minimum absolute atomic E-state index is 0.133. The molecule has 0 aliphatic carbocycles. The Kier molecular flexibility index (Phi) is 5.02. The van der Waals surface area contributed by atoms with Gasteiger partial charge in [-0.05, 0) is 46.3 Å². The Morgan fingerprint density at radius 3 is 2.22 bits per heavy atom. The quantitative estimate of drug-likeness (QED) is 0.629. The third kappa shape index (κ3) is 4.10. The van der Waals surface area contributed by atoms with Gasteiger partial charge >= 0.3 is 0 Å². The van der Waals surface area contributed by atoms with Gasteiger partial charge in [0.15, 0.2) is 0 Å². The number of halogens is 2. The van der Waals surface area contributed by atoms with Gasteiger partial charge < -0.3 is 0 Å². The lowest BCUT2D eigenvalue weighted by atomic mass is 10.2. The van der Waals surface area contributed by atoms with E-state index in [-0.39, 0.29) is 21.3 Å². The summed E-state index contributed by atoms with van der Waals surface area (Å²) in [6.45, 7) is 0. The molecular formula is C14H9BrFN3O4. The Labute approximate surface area is 137 Å². The molecule has 7 nitrogen and oxygen atoms in total. The molecule has 0 aliphatic rings.